The molecule has 2 nitrogen and oxygen atoms in total. The molecule has 0 saturated heterocycles. The molecule has 0 aliphatic heterocycles. The van der Waals surface area contributed by atoms with E-state index >= 15 is 0 Å². The molecule has 1 atom stereocenters. The average molecular weight is 184 g/mol. The number of hydrogen-bond acceptors (Lipinski definition) is 2. The predicted molar refractivity (Wildman–Crippen MR) is 57.9 cm³/mol. The maximum absolute atomic E-state index is 3.53. The van der Waals surface area contributed by atoms with E-state index in [1.165, 1.54) is 13.0 Å². The summed E-state index contributed by atoms with van der Waals surface area (Å²) in [5, 5.41) is 6.83. The first-order valence-corrected chi connectivity index (χ1v) is 5.27. The molecule has 0 radical (unpaired) electrons. The van der Waals surface area contributed by atoms with Gasteiger partial charge < -0.3 is 10.6 Å². The number of rotatable bonds is 5. The summed E-state index contributed by atoms with van der Waals surface area (Å²) >= 11 is 0. The Morgan fingerprint density at radius 2 is 1.92 bits per heavy atom. The van der Waals surface area contributed by atoms with Gasteiger partial charge in [0.1, 0.15) is 0 Å². The largest absolute Gasteiger partial charge is 0.315 e. The molecule has 0 amide bonds. The van der Waals surface area contributed by atoms with Gasteiger partial charge in [0, 0.05) is 12.1 Å². The zero-order valence-electron chi connectivity index (χ0n) is 9.70. The highest BCUT2D eigenvalue weighted by molar-refractivity contribution is 4.96. The Hall–Kier alpha value is -0.0800. The first-order valence-electron chi connectivity index (χ1n) is 5.27. The van der Waals surface area contributed by atoms with Gasteiger partial charge in [0.25, 0.3) is 0 Å². The van der Waals surface area contributed by atoms with Crippen molar-refractivity contribution in [3.05, 3.63) is 0 Å². The van der Waals surface area contributed by atoms with E-state index in [0.717, 1.165) is 12.5 Å². The molecule has 0 spiro atoms. The van der Waals surface area contributed by atoms with Crippen LogP contribution in [0.3, 0.4) is 0 Å². The Balaban J connectivity index is 2.09. The Kier molecular flexibility index (Phi) is 3.03. The van der Waals surface area contributed by atoms with Crippen molar-refractivity contribution in [3.8, 4) is 0 Å². The van der Waals surface area contributed by atoms with E-state index in [1.807, 2.05) is 7.05 Å². The summed E-state index contributed by atoms with van der Waals surface area (Å²) < 4.78 is 0. The molecule has 0 heterocycles. The van der Waals surface area contributed by atoms with E-state index < -0.39 is 0 Å². The van der Waals surface area contributed by atoms with Crippen molar-refractivity contribution < 1.29 is 0 Å². The van der Waals surface area contributed by atoms with Gasteiger partial charge in [-0.25, -0.2) is 0 Å². The zero-order chi connectivity index (χ0) is 10.1. The third-order valence-corrected chi connectivity index (χ3v) is 3.35. The molecule has 1 saturated carbocycles. The summed E-state index contributed by atoms with van der Waals surface area (Å²) in [6.07, 6.45) is 1.39. The Morgan fingerprint density at radius 3 is 2.31 bits per heavy atom. The average Bonchev–Trinajstić information content (AvgIpc) is 2.59. The molecule has 0 bridgehead atoms. The molecule has 1 unspecified atom stereocenters. The summed E-state index contributed by atoms with van der Waals surface area (Å²) in [6.45, 7) is 11.4. The maximum Gasteiger partial charge on any atom is 0.0246 e. The highest BCUT2D eigenvalue weighted by atomic mass is 15.0. The van der Waals surface area contributed by atoms with E-state index in [9.17, 15) is 0 Å². The molecule has 78 valence electrons. The number of nitrogens with one attached hydrogen (secondary N) is 2. The van der Waals surface area contributed by atoms with Crippen molar-refractivity contribution >= 4 is 0 Å². The lowest BCUT2D eigenvalue weighted by molar-refractivity contribution is 0.383. The molecule has 1 aliphatic rings. The normalized spacial score (nSPS) is 26.1. The molecule has 1 rings (SSSR count). The summed E-state index contributed by atoms with van der Waals surface area (Å²) in [6, 6.07) is 0. The fourth-order valence-corrected chi connectivity index (χ4v) is 1.57. The van der Waals surface area contributed by atoms with Crippen LogP contribution in [-0.4, -0.2) is 25.7 Å². The van der Waals surface area contributed by atoms with Crippen molar-refractivity contribution in [1.82, 2.24) is 10.6 Å². The highest BCUT2D eigenvalue weighted by Crippen LogP contribution is 2.50. The minimum absolute atomic E-state index is 0.221. The van der Waals surface area contributed by atoms with Crippen LogP contribution >= 0.6 is 0 Å². The van der Waals surface area contributed by atoms with Crippen LogP contribution in [0.2, 0.25) is 0 Å². The molecular weight excluding hydrogens is 160 g/mol. The van der Waals surface area contributed by atoms with Crippen LogP contribution in [0, 0.1) is 11.3 Å². The van der Waals surface area contributed by atoms with Crippen LogP contribution in [0.25, 0.3) is 0 Å². The fourth-order valence-electron chi connectivity index (χ4n) is 1.57. The van der Waals surface area contributed by atoms with Gasteiger partial charge in [0.15, 0.2) is 0 Å². The Bertz CT molecular complexity index is 173. The van der Waals surface area contributed by atoms with E-state index in [4.69, 9.17) is 0 Å². The Morgan fingerprint density at radius 1 is 1.38 bits per heavy atom. The molecule has 0 aromatic rings. The monoisotopic (exact) mass is 184 g/mol. The van der Waals surface area contributed by atoms with Gasteiger partial charge in [0.2, 0.25) is 0 Å². The van der Waals surface area contributed by atoms with Gasteiger partial charge in [-0.1, -0.05) is 13.8 Å². The second-order valence-electron chi connectivity index (χ2n) is 5.65. The van der Waals surface area contributed by atoms with Gasteiger partial charge in [-0.3, -0.25) is 0 Å². The lowest BCUT2D eigenvalue weighted by Gasteiger charge is -2.24. The standard InChI is InChI=1S/C11H24N2/c1-10(2)6-9(10)7-13-8-11(3,4)12-5/h9,12-13H,6-8H2,1-5H3. The van der Waals surface area contributed by atoms with Crippen LogP contribution in [0.4, 0.5) is 0 Å². The quantitative estimate of drug-likeness (QED) is 0.678. The van der Waals surface area contributed by atoms with E-state index in [0.29, 0.717) is 5.41 Å². The van der Waals surface area contributed by atoms with Crippen molar-refractivity contribution in [3.63, 3.8) is 0 Å². The third kappa shape index (κ3) is 3.28. The first kappa shape index (κ1) is 11.0. The van der Waals surface area contributed by atoms with E-state index in [2.05, 4.69) is 38.3 Å². The molecule has 2 N–H and O–H groups in total. The summed E-state index contributed by atoms with van der Waals surface area (Å²) in [5.74, 6) is 0.903. The van der Waals surface area contributed by atoms with E-state index in [-0.39, 0.29) is 5.54 Å². The van der Waals surface area contributed by atoms with Gasteiger partial charge in [0.05, 0.1) is 0 Å². The van der Waals surface area contributed by atoms with Crippen molar-refractivity contribution in [2.45, 2.75) is 39.7 Å². The van der Waals surface area contributed by atoms with Gasteiger partial charge in [-0.15, -0.1) is 0 Å². The van der Waals surface area contributed by atoms with Crippen molar-refractivity contribution in [2.24, 2.45) is 11.3 Å². The van der Waals surface area contributed by atoms with Gasteiger partial charge in [-0.05, 0) is 45.2 Å². The highest BCUT2D eigenvalue weighted by Gasteiger charge is 2.44. The van der Waals surface area contributed by atoms with Gasteiger partial charge in [-0.2, -0.15) is 0 Å². The SMILES string of the molecule is CNC(C)(C)CNCC1CC1(C)C. The topological polar surface area (TPSA) is 24.1 Å². The number of hydrogen-bond donors (Lipinski definition) is 2. The van der Waals surface area contributed by atoms with Crippen LogP contribution in [0.5, 0.6) is 0 Å². The lowest BCUT2D eigenvalue weighted by atomic mass is 10.1. The maximum atomic E-state index is 3.53. The van der Waals surface area contributed by atoms with Crippen LogP contribution in [0.15, 0.2) is 0 Å². The minimum atomic E-state index is 0.221. The predicted octanol–water partition coefficient (Wildman–Crippen LogP) is 1.62. The minimum Gasteiger partial charge on any atom is -0.315 e. The van der Waals surface area contributed by atoms with Gasteiger partial charge >= 0.3 is 0 Å². The zero-order valence-corrected chi connectivity index (χ0v) is 9.70. The van der Waals surface area contributed by atoms with Crippen molar-refractivity contribution in [2.75, 3.05) is 20.1 Å². The molecule has 0 aromatic carbocycles. The summed E-state index contributed by atoms with van der Waals surface area (Å²) in [5.41, 5.74) is 0.829. The summed E-state index contributed by atoms with van der Waals surface area (Å²) in [7, 11) is 2.02. The first-order chi connectivity index (χ1) is 5.87. The number of likely N-dealkylation sites (N-methyl/N-ethyl adjacent to an activating group) is 1. The third-order valence-electron chi connectivity index (χ3n) is 3.35. The second kappa shape index (κ2) is 3.58. The smallest absolute Gasteiger partial charge is 0.0246 e. The summed E-state index contributed by atoms with van der Waals surface area (Å²) in [4.78, 5) is 0. The van der Waals surface area contributed by atoms with Crippen molar-refractivity contribution in [1.29, 1.82) is 0 Å². The molecular formula is C11H24N2. The lowest BCUT2D eigenvalue weighted by Crippen LogP contribution is -2.46. The molecule has 1 fully saturated rings. The molecule has 2 heteroatoms. The molecule has 0 aromatic heterocycles. The fraction of sp³-hybridized carbons (Fsp3) is 1.00. The second-order valence-corrected chi connectivity index (χ2v) is 5.65. The van der Waals surface area contributed by atoms with Crippen LogP contribution in [-0.2, 0) is 0 Å². The van der Waals surface area contributed by atoms with E-state index in [1.54, 1.807) is 0 Å². The molecule has 13 heavy (non-hydrogen) atoms. The molecule has 1 aliphatic carbocycles. The Labute approximate surface area is 82.5 Å². The van der Waals surface area contributed by atoms with Crippen LogP contribution in [0.1, 0.15) is 34.1 Å². The van der Waals surface area contributed by atoms with Crippen LogP contribution < -0.4 is 10.6 Å².